The molecule has 1 aromatic carbocycles. The van der Waals surface area contributed by atoms with Gasteiger partial charge in [0.2, 0.25) is 5.95 Å². The van der Waals surface area contributed by atoms with Gasteiger partial charge in [0.1, 0.15) is 11.3 Å². The van der Waals surface area contributed by atoms with Crippen molar-refractivity contribution in [2.45, 2.75) is 6.54 Å². The summed E-state index contributed by atoms with van der Waals surface area (Å²) in [7, 11) is 0. The van der Waals surface area contributed by atoms with Crippen molar-refractivity contribution in [1.82, 2.24) is 14.9 Å². The fourth-order valence-corrected chi connectivity index (χ4v) is 4.12. The summed E-state index contributed by atoms with van der Waals surface area (Å²) in [6, 6.07) is 7.88. The summed E-state index contributed by atoms with van der Waals surface area (Å²) in [4.78, 5) is 33.5. The number of nitrogens with zero attached hydrogens (tertiary/aromatic N) is 3. The van der Waals surface area contributed by atoms with E-state index in [1.165, 1.54) is 18.4 Å². The van der Waals surface area contributed by atoms with E-state index in [4.69, 9.17) is 10.2 Å². The molecule has 164 valence electrons. The number of aromatic amines is 1. The van der Waals surface area contributed by atoms with Gasteiger partial charge in [-0.3, -0.25) is 14.5 Å². The third-order valence-corrected chi connectivity index (χ3v) is 5.80. The van der Waals surface area contributed by atoms with Gasteiger partial charge in [-0.05, 0) is 24.3 Å². The monoisotopic (exact) mass is 439 g/mol. The highest BCUT2D eigenvalue weighted by molar-refractivity contribution is 6.02. The lowest BCUT2D eigenvalue weighted by Crippen LogP contribution is -2.46. The molecule has 1 fully saturated rings. The van der Waals surface area contributed by atoms with Crippen LogP contribution >= 0.6 is 0 Å². The quantitative estimate of drug-likeness (QED) is 0.473. The van der Waals surface area contributed by atoms with E-state index < -0.39 is 23.2 Å². The molecule has 1 aliphatic heterocycles. The number of H-pyrrole nitrogens is 1. The van der Waals surface area contributed by atoms with Gasteiger partial charge in [0.05, 0.1) is 22.9 Å². The lowest BCUT2D eigenvalue weighted by atomic mass is 10.1. The van der Waals surface area contributed by atoms with Crippen molar-refractivity contribution in [1.29, 1.82) is 0 Å². The van der Waals surface area contributed by atoms with Crippen molar-refractivity contribution >= 4 is 33.5 Å². The lowest BCUT2D eigenvalue weighted by Gasteiger charge is -2.36. The highest BCUT2D eigenvalue weighted by atomic mass is 19.1. The summed E-state index contributed by atoms with van der Waals surface area (Å²) in [6.45, 7) is 2.50. The summed E-state index contributed by atoms with van der Waals surface area (Å²) in [5.41, 5.74) is 5.84. The minimum atomic E-state index is -0.785. The lowest BCUT2D eigenvalue weighted by molar-refractivity contribution is 0.0994. The maximum absolute atomic E-state index is 15.2. The van der Waals surface area contributed by atoms with Gasteiger partial charge in [-0.15, -0.1) is 0 Å². The van der Waals surface area contributed by atoms with E-state index in [9.17, 15) is 14.0 Å². The number of hydrogen-bond acceptors (Lipinski definition) is 6. The number of fused-ring (bicyclic) bond motifs is 3. The molecule has 32 heavy (non-hydrogen) atoms. The summed E-state index contributed by atoms with van der Waals surface area (Å²) >= 11 is 0. The number of rotatable bonds is 4. The highest BCUT2D eigenvalue weighted by Crippen LogP contribution is 2.27. The van der Waals surface area contributed by atoms with Gasteiger partial charge in [0.25, 0.3) is 11.5 Å². The van der Waals surface area contributed by atoms with E-state index >= 15 is 4.39 Å². The molecule has 8 nitrogen and oxygen atoms in total. The number of nitrogens with two attached hydrogens (primary N) is 1. The van der Waals surface area contributed by atoms with E-state index in [1.807, 2.05) is 9.80 Å². The fraction of sp³-hybridized carbons (Fsp3) is 0.227. The average Bonchev–Trinajstić information content (AvgIpc) is 3.28. The molecule has 0 bridgehead atoms. The van der Waals surface area contributed by atoms with Crippen molar-refractivity contribution in [3.8, 4) is 0 Å². The normalized spacial score (nSPS) is 15.0. The Morgan fingerprint density at radius 3 is 2.59 bits per heavy atom. The van der Waals surface area contributed by atoms with Crippen LogP contribution in [0.15, 0.2) is 45.8 Å². The van der Waals surface area contributed by atoms with Gasteiger partial charge in [-0.25, -0.2) is 9.37 Å². The zero-order valence-electron chi connectivity index (χ0n) is 16.9. The number of pyridine rings is 2. The van der Waals surface area contributed by atoms with E-state index in [0.717, 1.165) is 0 Å². The summed E-state index contributed by atoms with van der Waals surface area (Å²) in [5.74, 6) is -2.02. The zero-order valence-corrected chi connectivity index (χ0v) is 16.9. The first kappa shape index (κ1) is 20.1. The molecule has 0 unspecified atom stereocenters. The van der Waals surface area contributed by atoms with Crippen LogP contribution in [0.4, 0.5) is 14.5 Å². The summed E-state index contributed by atoms with van der Waals surface area (Å²) < 4.78 is 34.9. The molecular formula is C22H19F2N5O3. The topological polar surface area (TPSA) is 108 Å². The molecule has 1 saturated heterocycles. The highest BCUT2D eigenvalue weighted by Gasteiger charge is 2.22. The van der Waals surface area contributed by atoms with E-state index in [-0.39, 0.29) is 11.2 Å². The standard InChI is InChI=1S/C22H19F2N5O3/c23-17-12(1-2-13-18(17)27-22(31)14-5-10-32-19(13)14)11-28-6-8-29(9-7-28)16-4-3-15(21(25)30)26-20(16)24/h1-5,10H,6-9,11H2,(H2,25,30)(H,27,31). The molecule has 5 rings (SSSR count). The van der Waals surface area contributed by atoms with Crippen LogP contribution in [0.2, 0.25) is 0 Å². The van der Waals surface area contributed by atoms with Gasteiger partial charge in [0.15, 0.2) is 5.82 Å². The Bertz CT molecular complexity index is 1410. The van der Waals surface area contributed by atoms with Gasteiger partial charge < -0.3 is 20.0 Å². The van der Waals surface area contributed by atoms with Crippen molar-refractivity contribution in [3.63, 3.8) is 0 Å². The predicted molar refractivity (Wildman–Crippen MR) is 115 cm³/mol. The minimum absolute atomic E-state index is 0.122. The molecule has 10 heteroatoms. The number of furan rings is 1. The zero-order chi connectivity index (χ0) is 22.4. The largest absolute Gasteiger partial charge is 0.463 e. The van der Waals surface area contributed by atoms with Crippen molar-refractivity contribution in [3.05, 3.63) is 70.0 Å². The van der Waals surface area contributed by atoms with Gasteiger partial charge >= 0.3 is 0 Å². The maximum Gasteiger partial charge on any atom is 0.267 e. The molecule has 3 aromatic heterocycles. The third kappa shape index (κ3) is 3.38. The molecule has 1 amide bonds. The number of amides is 1. The van der Waals surface area contributed by atoms with Crippen LogP contribution in [0, 0.1) is 11.8 Å². The predicted octanol–water partition coefficient (Wildman–Crippen LogP) is 2.37. The number of primary amides is 1. The van der Waals surface area contributed by atoms with Crippen molar-refractivity contribution in [2.75, 3.05) is 31.1 Å². The minimum Gasteiger partial charge on any atom is -0.463 e. The van der Waals surface area contributed by atoms with Gasteiger partial charge in [-0.2, -0.15) is 4.39 Å². The first-order valence-corrected chi connectivity index (χ1v) is 10.1. The Kier molecular flexibility index (Phi) is 4.86. The molecule has 4 aromatic rings. The smallest absolute Gasteiger partial charge is 0.267 e. The number of benzene rings is 1. The molecule has 3 N–H and O–H groups in total. The number of aromatic nitrogens is 2. The molecule has 0 saturated carbocycles. The van der Waals surface area contributed by atoms with Crippen LogP contribution in [-0.2, 0) is 6.54 Å². The Morgan fingerprint density at radius 1 is 1.09 bits per heavy atom. The van der Waals surface area contributed by atoms with E-state index in [1.54, 1.807) is 18.2 Å². The summed E-state index contributed by atoms with van der Waals surface area (Å²) in [6.07, 6.45) is 1.41. The number of carbonyl (C=O) groups excluding carboxylic acids is 1. The van der Waals surface area contributed by atoms with Crippen LogP contribution < -0.4 is 16.2 Å². The second kappa shape index (κ2) is 7.72. The Balaban J connectivity index is 1.33. The molecule has 4 heterocycles. The molecule has 0 radical (unpaired) electrons. The molecule has 1 aliphatic rings. The summed E-state index contributed by atoms with van der Waals surface area (Å²) in [5, 5.41) is 0.893. The molecule has 0 spiro atoms. The van der Waals surface area contributed by atoms with E-state index in [0.29, 0.717) is 60.3 Å². The Labute approximate surface area is 180 Å². The molecule has 0 aliphatic carbocycles. The SMILES string of the molecule is NC(=O)c1ccc(N2CCN(Cc3ccc4c([nH]c(=O)c5ccoc54)c3F)CC2)c(F)n1. The van der Waals surface area contributed by atoms with Crippen LogP contribution in [0.1, 0.15) is 16.1 Å². The Hall–Kier alpha value is -3.79. The fourth-order valence-electron chi connectivity index (χ4n) is 4.12. The van der Waals surface area contributed by atoms with E-state index in [2.05, 4.69) is 9.97 Å². The number of piperazine rings is 1. The van der Waals surface area contributed by atoms with Crippen LogP contribution in [-0.4, -0.2) is 47.0 Å². The average molecular weight is 439 g/mol. The van der Waals surface area contributed by atoms with Crippen LogP contribution in [0.3, 0.4) is 0 Å². The van der Waals surface area contributed by atoms with Gasteiger partial charge in [0, 0.05) is 43.7 Å². The first-order valence-electron chi connectivity index (χ1n) is 10.1. The first-order chi connectivity index (χ1) is 15.4. The third-order valence-electron chi connectivity index (χ3n) is 5.80. The number of halogens is 2. The second-order valence-corrected chi connectivity index (χ2v) is 7.71. The Morgan fingerprint density at radius 2 is 1.88 bits per heavy atom. The molecular weight excluding hydrogens is 420 g/mol. The molecule has 0 atom stereocenters. The number of hydrogen-bond donors (Lipinski definition) is 2. The number of anilines is 1. The van der Waals surface area contributed by atoms with Crippen LogP contribution in [0.5, 0.6) is 0 Å². The number of nitrogens with one attached hydrogen (secondary N) is 1. The van der Waals surface area contributed by atoms with Crippen molar-refractivity contribution in [2.24, 2.45) is 5.73 Å². The van der Waals surface area contributed by atoms with Crippen LogP contribution in [0.25, 0.3) is 21.9 Å². The van der Waals surface area contributed by atoms with Crippen molar-refractivity contribution < 1.29 is 18.0 Å². The maximum atomic E-state index is 15.2. The number of carbonyl (C=O) groups is 1. The van der Waals surface area contributed by atoms with Gasteiger partial charge in [-0.1, -0.05) is 6.07 Å². The second-order valence-electron chi connectivity index (χ2n) is 7.71.